The van der Waals surface area contributed by atoms with E-state index in [4.69, 9.17) is 4.74 Å². The molecular formula is C12H21F3N2O2. The number of ether oxygens (including phenoxy) is 1. The Kier molecular flexibility index (Phi) is 5.61. The van der Waals surface area contributed by atoms with Crippen LogP contribution in [0.25, 0.3) is 0 Å². The standard InChI is InChI=1S/C12H21F3N2O2/c1-8(2)19-11(18)10-5-4-9(16-10)6-7-17(3)12(13,14)15/h8-10,16H,4-7H2,1-3H3. The van der Waals surface area contributed by atoms with Crippen molar-refractivity contribution in [1.82, 2.24) is 10.2 Å². The van der Waals surface area contributed by atoms with Gasteiger partial charge in [0.15, 0.2) is 0 Å². The molecule has 19 heavy (non-hydrogen) atoms. The number of rotatable bonds is 5. The Morgan fingerprint density at radius 2 is 2.05 bits per heavy atom. The molecular weight excluding hydrogens is 261 g/mol. The van der Waals surface area contributed by atoms with Crippen LogP contribution in [-0.2, 0) is 9.53 Å². The Morgan fingerprint density at radius 3 is 2.58 bits per heavy atom. The molecule has 1 aliphatic heterocycles. The highest BCUT2D eigenvalue weighted by Crippen LogP contribution is 2.22. The highest BCUT2D eigenvalue weighted by molar-refractivity contribution is 5.76. The summed E-state index contributed by atoms with van der Waals surface area (Å²) in [5.74, 6) is -0.318. The van der Waals surface area contributed by atoms with Crippen LogP contribution in [0, 0.1) is 0 Å². The Bertz CT molecular complexity index is 308. The quantitative estimate of drug-likeness (QED) is 0.618. The fraction of sp³-hybridized carbons (Fsp3) is 0.917. The number of carbonyl (C=O) groups excluding carboxylic acids is 1. The van der Waals surface area contributed by atoms with Gasteiger partial charge in [-0.2, -0.15) is 13.2 Å². The summed E-state index contributed by atoms with van der Waals surface area (Å²) in [4.78, 5) is 12.0. The van der Waals surface area contributed by atoms with Crippen molar-refractivity contribution < 1.29 is 22.7 Å². The molecule has 2 atom stereocenters. The van der Waals surface area contributed by atoms with Crippen LogP contribution in [0.15, 0.2) is 0 Å². The zero-order valence-corrected chi connectivity index (χ0v) is 11.5. The highest BCUT2D eigenvalue weighted by Gasteiger charge is 2.35. The van der Waals surface area contributed by atoms with Crippen LogP contribution in [0.4, 0.5) is 13.2 Å². The molecule has 1 fully saturated rings. The summed E-state index contributed by atoms with van der Waals surface area (Å²) in [6.45, 7) is 3.46. The first-order chi connectivity index (χ1) is 8.70. The van der Waals surface area contributed by atoms with Crippen molar-refractivity contribution in [3.8, 4) is 0 Å². The van der Waals surface area contributed by atoms with E-state index in [-0.39, 0.29) is 30.7 Å². The van der Waals surface area contributed by atoms with Gasteiger partial charge in [0.1, 0.15) is 6.04 Å². The maximum absolute atomic E-state index is 12.3. The van der Waals surface area contributed by atoms with Gasteiger partial charge in [-0.3, -0.25) is 4.79 Å². The average Bonchev–Trinajstić information content (AvgIpc) is 2.72. The summed E-state index contributed by atoms with van der Waals surface area (Å²) in [5.41, 5.74) is 0. The third kappa shape index (κ3) is 5.36. The fourth-order valence-corrected chi connectivity index (χ4v) is 2.02. The molecule has 4 nitrogen and oxygen atoms in total. The number of nitrogens with zero attached hydrogens (tertiary/aromatic N) is 1. The topological polar surface area (TPSA) is 41.6 Å². The molecule has 0 saturated carbocycles. The second-order valence-electron chi connectivity index (χ2n) is 5.16. The predicted octanol–water partition coefficient (Wildman–Crippen LogP) is 1.90. The summed E-state index contributed by atoms with van der Waals surface area (Å²) in [7, 11) is 1.03. The van der Waals surface area contributed by atoms with E-state index in [0.717, 1.165) is 7.05 Å². The van der Waals surface area contributed by atoms with Gasteiger partial charge < -0.3 is 10.1 Å². The molecule has 1 rings (SSSR count). The van der Waals surface area contributed by atoms with Crippen molar-refractivity contribution in [3.05, 3.63) is 0 Å². The van der Waals surface area contributed by atoms with Gasteiger partial charge in [0.05, 0.1) is 6.10 Å². The lowest BCUT2D eigenvalue weighted by atomic mass is 10.1. The molecule has 0 bridgehead atoms. The van der Waals surface area contributed by atoms with Crippen LogP contribution in [0.2, 0.25) is 0 Å². The number of alkyl halides is 3. The van der Waals surface area contributed by atoms with Crippen LogP contribution in [-0.4, -0.2) is 48.9 Å². The van der Waals surface area contributed by atoms with E-state index in [9.17, 15) is 18.0 Å². The lowest BCUT2D eigenvalue weighted by molar-refractivity contribution is -0.236. The van der Waals surface area contributed by atoms with E-state index < -0.39 is 6.30 Å². The number of halogens is 3. The molecule has 7 heteroatoms. The summed E-state index contributed by atoms with van der Waals surface area (Å²) in [5, 5.41) is 3.03. The molecule has 0 aliphatic carbocycles. The van der Waals surface area contributed by atoms with E-state index in [1.54, 1.807) is 13.8 Å². The van der Waals surface area contributed by atoms with Gasteiger partial charge >= 0.3 is 12.3 Å². The maximum Gasteiger partial charge on any atom is 0.459 e. The van der Waals surface area contributed by atoms with Crippen molar-refractivity contribution in [2.45, 2.75) is 57.6 Å². The van der Waals surface area contributed by atoms with Gasteiger partial charge in [0.25, 0.3) is 0 Å². The number of carbonyl (C=O) groups is 1. The minimum atomic E-state index is -4.30. The van der Waals surface area contributed by atoms with Crippen molar-refractivity contribution in [3.63, 3.8) is 0 Å². The van der Waals surface area contributed by atoms with Gasteiger partial charge in [0.2, 0.25) is 0 Å². The number of hydrogen-bond acceptors (Lipinski definition) is 4. The SMILES string of the molecule is CC(C)OC(=O)C1CCC(CCN(C)C(F)(F)F)N1. The molecule has 0 radical (unpaired) electrons. The van der Waals surface area contributed by atoms with Crippen molar-refractivity contribution in [2.24, 2.45) is 0 Å². The Labute approximate surface area is 111 Å². The third-order valence-electron chi connectivity index (χ3n) is 3.12. The maximum atomic E-state index is 12.3. The van der Waals surface area contributed by atoms with Crippen LogP contribution in [0.1, 0.15) is 33.1 Å². The lowest BCUT2D eigenvalue weighted by Crippen LogP contribution is -2.41. The number of esters is 1. The Morgan fingerprint density at radius 1 is 1.42 bits per heavy atom. The van der Waals surface area contributed by atoms with E-state index in [2.05, 4.69) is 5.32 Å². The molecule has 1 heterocycles. The second-order valence-corrected chi connectivity index (χ2v) is 5.16. The minimum Gasteiger partial charge on any atom is -0.462 e. The number of hydrogen-bond donors (Lipinski definition) is 1. The molecule has 112 valence electrons. The molecule has 1 aliphatic rings. The highest BCUT2D eigenvalue weighted by atomic mass is 19.4. The predicted molar refractivity (Wildman–Crippen MR) is 64.5 cm³/mol. The first-order valence-corrected chi connectivity index (χ1v) is 6.44. The van der Waals surface area contributed by atoms with Gasteiger partial charge in [-0.25, -0.2) is 4.90 Å². The Hall–Kier alpha value is -0.820. The molecule has 0 amide bonds. The summed E-state index contributed by atoms with van der Waals surface area (Å²) < 4.78 is 42.0. The van der Waals surface area contributed by atoms with Crippen LogP contribution >= 0.6 is 0 Å². The summed E-state index contributed by atoms with van der Waals surface area (Å²) in [6.07, 6.45) is -2.80. The van der Waals surface area contributed by atoms with Gasteiger partial charge in [-0.15, -0.1) is 0 Å². The van der Waals surface area contributed by atoms with Crippen LogP contribution in [0.5, 0.6) is 0 Å². The average molecular weight is 282 g/mol. The van der Waals surface area contributed by atoms with Gasteiger partial charge in [0, 0.05) is 12.6 Å². The van der Waals surface area contributed by atoms with E-state index >= 15 is 0 Å². The lowest BCUT2D eigenvalue weighted by Gasteiger charge is -2.22. The fourth-order valence-electron chi connectivity index (χ4n) is 2.02. The normalized spacial score (nSPS) is 24.2. The molecule has 0 aromatic carbocycles. The molecule has 0 aromatic heterocycles. The van der Waals surface area contributed by atoms with Gasteiger partial charge in [-0.05, 0) is 40.2 Å². The molecule has 1 N–H and O–H groups in total. The monoisotopic (exact) mass is 282 g/mol. The molecule has 0 spiro atoms. The third-order valence-corrected chi connectivity index (χ3v) is 3.12. The second kappa shape index (κ2) is 6.56. The van der Waals surface area contributed by atoms with E-state index in [1.807, 2.05) is 0 Å². The number of nitrogens with one attached hydrogen (secondary N) is 1. The van der Waals surface area contributed by atoms with Crippen molar-refractivity contribution in [1.29, 1.82) is 0 Å². The molecule has 2 unspecified atom stereocenters. The summed E-state index contributed by atoms with van der Waals surface area (Å²) in [6, 6.07) is -0.446. The van der Waals surface area contributed by atoms with Crippen LogP contribution < -0.4 is 5.32 Å². The smallest absolute Gasteiger partial charge is 0.459 e. The first kappa shape index (κ1) is 16.2. The van der Waals surface area contributed by atoms with E-state index in [1.165, 1.54) is 0 Å². The largest absolute Gasteiger partial charge is 0.462 e. The molecule has 0 aromatic rings. The first-order valence-electron chi connectivity index (χ1n) is 6.44. The minimum absolute atomic E-state index is 0.0606. The summed E-state index contributed by atoms with van der Waals surface area (Å²) >= 11 is 0. The zero-order chi connectivity index (χ0) is 14.6. The van der Waals surface area contributed by atoms with E-state index in [0.29, 0.717) is 24.2 Å². The molecule has 1 saturated heterocycles. The van der Waals surface area contributed by atoms with Gasteiger partial charge in [-0.1, -0.05) is 0 Å². The van der Waals surface area contributed by atoms with Crippen molar-refractivity contribution in [2.75, 3.05) is 13.6 Å². The zero-order valence-electron chi connectivity index (χ0n) is 11.5. The van der Waals surface area contributed by atoms with Crippen molar-refractivity contribution >= 4 is 5.97 Å². The van der Waals surface area contributed by atoms with Crippen LogP contribution in [0.3, 0.4) is 0 Å². The Balaban J connectivity index is 2.31.